The van der Waals surface area contributed by atoms with Crippen LogP contribution in [0, 0.1) is 6.92 Å². The van der Waals surface area contributed by atoms with E-state index in [0.29, 0.717) is 11.4 Å². The standard InChI is InChI=1S/C10H10N2O3/c1-6-4-12-5-7(10(13)14)8(15-2)3-9(12)11-6/h3-5H,1-2H3,(H,13,14). The molecular weight excluding hydrogens is 196 g/mol. The minimum atomic E-state index is -1.01. The van der Waals surface area contributed by atoms with Crippen LogP contribution in [0.25, 0.3) is 5.65 Å². The summed E-state index contributed by atoms with van der Waals surface area (Å²) in [6, 6.07) is 1.61. The van der Waals surface area contributed by atoms with Crippen LogP contribution in [0.2, 0.25) is 0 Å². The number of fused-ring (bicyclic) bond motifs is 1. The first-order valence-corrected chi connectivity index (χ1v) is 4.38. The highest BCUT2D eigenvalue weighted by molar-refractivity contribution is 5.91. The van der Waals surface area contributed by atoms with Crippen molar-refractivity contribution in [1.29, 1.82) is 0 Å². The molecule has 0 fully saturated rings. The van der Waals surface area contributed by atoms with E-state index in [2.05, 4.69) is 4.98 Å². The summed E-state index contributed by atoms with van der Waals surface area (Å²) in [5, 5.41) is 8.95. The molecule has 0 aliphatic heterocycles. The van der Waals surface area contributed by atoms with Crippen molar-refractivity contribution in [3.05, 3.63) is 29.7 Å². The Morgan fingerprint density at radius 1 is 1.53 bits per heavy atom. The molecule has 0 spiro atoms. The van der Waals surface area contributed by atoms with E-state index in [1.54, 1.807) is 16.7 Å². The largest absolute Gasteiger partial charge is 0.496 e. The molecule has 1 N–H and O–H groups in total. The van der Waals surface area contributed by atoms with Crippen LogP contribution < -0.4 is 4.74 Å². The first-order chi connectivity index (χ1) is 7.11. The summed E-state index contributed by atoms with van der Waals surface area (Å²) < 4.78 is 6.66. The second-order valence-electron chi connectivity index (χ2n) is 3.21. The van der Waals surface area contributed by atoms with Gasteiger partial charge in [-0.05, 0) is 6.92 Å². The first kappa shape index (κ1) is 9.51. The smallest absolute Gasteiger partial charge is 0.341 e. The van der Waals surface area contributed by atoms with Gasteiger partial charge in [-0.15, -0.1) is 0 Å². The van der Waals surface area contributed by atoms with Crippen molar-refractivity contribution in [3.63, 3.8) is 0 Å². The molecule has 0 saturated heterocycles. The van der Waals surface area contributed by atoms with E-state index in [9.17, 15) is 4.79 Å². The number of hydrogen-bond donors (Lipinski definition) is 1. The third-order valence-electron chi connectivity index (χ3n) is 2.13. The molecule has 15 heavy (non-hydrogen) atoms. The topological polar surface area (TPSA) is 63.8 Å². The van der Waals surface area contributed by atoms with Crippen molar-refractivity contribution in [1.82, 2.24) is 9.38 Å². The fourth-order valence-corrected chi connectivity index (χ4v) is 1.47. The van der Waals surface area contributed by atoms with Gasteiger partial charge < -0.3 is 14.2 Å². The molecule has 2 aromatic rings. The number of carboxylic acid groups (broad SMARTS) is 1. The molecule has 0 radical (unpaired) electrons. The van der Waals surface area contributed by atoms with Crippen LogP contribution >= 0.6 is 0 Å². The number of pyridine rings is 1. The van der Waals surface area contributed by atoms with E-state index in [0.717, 1.165) is 5.69 Å². The maximum atomic E-state index is 10.9. The highest BCUT2D eigenvalue weighted by atomic mass is 16.5. The molecule has 2 rings (SSSR count). The van der Waals surface area contributed by atoms with Crippen LogP contribution in [0.3, 0.4) is 0 Å². The van der Waals surface area contributed by atoms with Gasteiger partial charge in [-0.3, -0.25) is 0 Å². The van der Waals surface area contributed by atoms with Gasteiger partial charge in [-0.1, -0.05) is 0 Å². The molecule has 0 aliphatic carbocycles. The number of aromatic carboxylic acids is 1. The minimum Gasteiger partial charge on any atom is -0.496 e. The lowest BCUT2D eigenvalue weighted by atomic mass is 10.2. The van der Waals surface area contributed by atoms with Crippen LogP contribution in [0.1, 0.15) is 16.1 Å². The van der Waals surface area contributed by atoms with Gasteiger partial charge in [0.1, 0.15) is 17.0 Å². The highest BCUT2D eigenvalue weighted by Gasteiger charge is 2.13. The number of methoxy groups -OCH3 is 1. The first-order valence-electron chi connectivity index (χ1n) is 4.38. The summed E-state index contributed by atoms with van der Waals surface area (Å²) in [7, 11) is 1.44. The summed E-state index contributed by atoms with van der Waals surface area (Å²) in [6.07, 6.45) is 3.26. The lowest BCUT2D eigenvalue weighted by molar-refractivity contribution is 0.0693. The van der Waals surface area contributed by atoms with Crippen molar-refractivity contribution in [2.45, 2.75) is 6.92 Å². The number of aromatic nitrogens is 2. The van der Waals surface area contributed by atoms with Gasteiger partial charge in [-0.2, -0.15) is 0 Å². The van der Waals surface area contributed by atoms with Crippen LogP contribution in [-0.4, -0.2) is 27.6 Å². The SMILES string of the molecule is COc1cc2nc(C)cn2cc1C(=O)O. The lowest BCUT2D eigenvalue weighted by Gasteiger charge is -2.04. The Kier molecular flexibility index (Phi) is 2.07. The number of ether oxygens (including phenoxy) is 1. The van der Waals surface area contributed by atoms with E-state index >= 15 is 0 Å². The Balaban J connectivity index is 2.73. The summed E-state index contributed by atoms with van der Waals surface area (Å²) in [5.74, 6) is -0.694. The van der Waals surface area contributed by atoms with Crippen LogP contribution in [0.15, 0.2) is 18.5 Å². The normalized spacial score (nSPS) is 10.5. The van der Waals surface area contributed by atoms with E-state index in [-0.39, 0.29) is 5.56 Å². The summed E-state index contributed by atoms with van der Waals surface area (Å²) in [5.41, 5.74) is 1.64. The van der Waals surface area contributed by atoms with Crippen molar-refractivity contribution in [3.8, 4) is 5.75 Å². The summed E-state index contributed by atoms with van der Waals surface area (Å²) in [4.78, 5) is 15.1. The Bertz CT molecular complexity index is 531. The zero-order valence-corrected chi connectivity index (χ0v) is 8.39. The molecule has 0 bridgehead atoms. The molecule has 2 heterocycles. The predicted molar refractivity (Wildman–Crippen MR) is 53.4 cm³/mol. The molecule has 0 amide bonds. The predicted octanol–water partition coefficient (Wildman–Crippen LogP) is 1.35. The minimum absolute atomic E-state index is 0.127. The number of rotatable bonds is 2. The Morgan fingerprint density at radius 2 is 2.27 bits per heavy atom. The third-order valence-corrected chi connectivity index (χ3v) is 2.13. The monoisotopic (exact) mass is 206 g/mol. The third kappa shape index (κ3) is 1.52. The number of aryl methyl sites for hydroxylation is 1. The van der Waals surface area contributed by atoms with Gasteiger partial charge in [0, 0.05) is 18.5 Å². The molecule has 78 valence electrons. The Hall–Kier alpha value is -2.04. The average Bonchev–Trinajstić information content (AvgIpc) is 2.54. The van der Waals surface area contributed by atoms with Gasteiger partial charge in [0.05, 0.1) is 12.8 Å². The fraction of sp³-hybridized carbons (Fsp3) is 0.200. The number of carbonyl (C=O) groups is 1. The number of nitrogens with zero attached hydrogens (tertiary/aromatic N) is 2. The van der Waals surface area contributed by atoms with E-state index in [1.807, 2.05) is 6.92 Å². The maximum absolute atomic E-state index is 10.9. The summed E-state index contributed by atoms with van der Waals surface area (Å²) in [6.45, 7) is 1.85. The Labute approximate surface area is 85.9 Å². The average molecular weight is 206 g/mol. The van der Waals surface area contributed by atoms with Gasteiger partial charge in [-0.25, -0.2) is 9.78 Å². The van der Waals surface area contributed by atoms with E-state index in [4.69, 9.17) is 9.84 Å². The maximum Gasteiger partial charge on any atom is 0.341 e. The highest BCUT2D eigenvalue weighted by Crippen LogP contribution is 2.20. The quantitative estimate of drug-likeness (QED) is 0.805. The summed E-state index contributed by atoms with van der Waals surface area (Å²) >= 11 is 0. The zero-order valence-electron chi connectivity index (χ0n) is 8.39. The zero-order chi connectivity index (χ0) is 11.0. The molecule has 0 atom stereocenters. The molecule has 0 unspecified atom stereocenters. The van der Waals surface area contributed by atoms with Crippen LogP contribution in [0.5, 0.6) is 5.75 Å². The number of hydrogen-bond acceptors (Lipinski definition) is 3. The molecule has 0 saturated carbocycles. The van der Waals surface area contributed by atoms with Crippen LogP contribution in [-0.2, 0) is 0 Å². The molecule has 2 aromatic heterocycles. The van der Waals surface area contributed by atoms with E-state index in [1.165, 1.54) is 13.3 Å². The van der Waals surface area contributed by atoms with E-state index < -0.39 is 5.97 Å². The molecular formula is C10H10N2O3. The van der Waals surface area contributed by atoms with Crippen molar-refractivity contribution in [2.24, 2.45) is 0 Å². The van der Waals surface area contributed by atoms with Gasteiger partial charge in [0.25, 0.3) is 0 Å². The van der Waals surface area contributed by atoms with Crippen molar-refractivity contribution in [2.75, 3.05) is 7.11 Å². The van der Waals surface area contributed by atoms with Gasteiger partial charge in [0.15, 0.2) is 0 Å². The molecule has 0 aliphatic rings. The van der Waals surface area contributed by atoms with Crippen molar-refractivity contribution < 1.29 is 14.6 Å². The number of carboxylic acids is 1. The van der Waals surface area contributed by atoms with Gasteiger partial charge in [0.2, 0.25) is 0 Å². The molecule has 0 aromatic carbocycles. The second-order valence-corrected chi connectivity index (χ2v) is 3.21. The molecule has 5 heteroatoms. The fourth-order valence-electron chi connectivity index (χ4n) is 1.47. The Morgan fingerprint density at radius 3 is 2.87 bits per heavy atom. The number of imidazole rings is 1. The van der Waals surface area contributed by atoms with Crippen molar-refractivity contribution >= 4 is 11.6 Å². The van der Waals surface area contributed by atoms with Gasteiger partial charge >= 0.3 is 5.97 Å². The lowest BCUT2D eigenvalue weighted by Crippen LogP contribution is -2.02. The second kappa shape index (κ2) is 3.27. The van der Waals surface area contributed by atoms with Crippen LogP contribution in [0.4, 0.5) is 0 Å². The molecule has 5 nitrogen and oxygen atoms in total.